The topological polar surface area (TPSA) is 66.8 Å². The van der Waals surface area contributed by atoms with E-state index in [4.69, 9.17) is 4.74 Å². The first-order valence-corrected chi connectivity index (χ1v) is 9.64. The zero-order chi connectivity index (χ0) is 20.5. The molecule has 4 rings (SSSR count). The normalized spacial score (nSPS) is 18.3. The number of aliphatic hydroxyl groups excluding tert-OH is 1. The Morgan fingerprint density at radius 3 is 2.45 bits per heavy atom. The van der Waals surface area contributed by atoms with Gasteiger partial charge in [-0.25, -0.2) is 4.39 Å². The molecule has 1 atom stereocenters. The molecule has 0 radical (unpaired) electrons. The second-order valence-corrected chi connectivity index (χ2v) is 7.34. The van der Waals surface area contributed by atoms with Gasteiger partial charge in [0.1, 0.15) is 23.4 Å². The maximum absolute atomic E-state index is 13.3. The zero-order valence-electron chi connectivity index (χ0n) is 15.3. The molecule has 1 aromatic heterocycles. The van der Waals surface area contributed by atoms with Crippen molar-refractivity contribution in [3.05, 3.63) is 87.9 Å². The van der Waals surface area contributed by atoms with Crippen LogP contribution < -0.4 is 9.64 Å². The fourth-order valence-corrected chi connectivity index (χ4v) is 4.21. The Balaban J connectivity index is 1.94. The van der Waals surface area contributed by atoms with Crippen LogP contribution in [-0.4, -0.2) is 23.9 Å². The molecule has 1 saturated heterocycles. The van der Waals surface area contributed by atoms with Crippen LogP contribution in [0.2, 0.25) is 0 Å². The van der Waals surface area contributed by atoms with Crippen molar-refractivity contribution in [1.29, 1.82) is 0 Å². The van der Waals surface area contributed by atoms with E-state index in [1.165, 1.54) is 47.6 Å². The van der Waals surface area contributed by atoms with Gasteiger partial charge in [-0.1, -0.05) is 18.2 Å². The van der Waals surface area contributed by atoms with E-state index in [0.717, 1.165) is 0 Å². The molecule has 0 aliphatic carbocycles. The molecular formula is C22H16FNO4S. The van der Waals surface area contributed by atoms with Gasteiger partial charge in [-0.05, 0) is 47.8 Å². The van der Waals surface area contributed by atoms with Crippen LogP contribution >= 0.6 is 11.3 Å². The van der Waals surface area contributed by atoms with Gasteiger partial charge in [0.2, 0.25) is 0 Å². The van der Waals surface area contributed by atoms with Gasteiger partial charge < -0.3 is 9.84 Å². The molecule has 0 bridgehead atoms. The lowest BCUT2D eigenvalue weighted by Crippen LogP contribution is -2.29. The van der Waals surface area contributed by atoms with Gasteiger partial charge in [0.05, 0.1) is 18.4 Å². The molecule has 1 aliphatic rings. The van der Waals surface area contributed by atoms with Gasteiger partial charge in [0.25, 0.3) is 11.7 Å². The molecule has 7 heteroatoms. The third kappa shape index (κ3) is 3.19. The number of methoxy groups -OCH3 is 1. The van der Waals surface area contributed by atoms with Crippen molar-refractivity contribution >= 4 is 34.5 Å². The zero-order valence-corrected chi connectivity index (χ0v) is 16.2. The quantitative estimate of drug-likeness (QED) is 0.391. The van der Waals surface area contributed by atoms with Crippen LogP contribution in [0.25, 0.3) is 5.76 Å². The Labute approximate surface area is 170 Å². The summed E-state index contributed by atoms with van der Waals surface area (Å²) in [6, 6.07) is 14.8. The van der Waals surface area contributed by atoms with Crippen molar-refractivity contribution in [3.63, 3.8) is 0 Å². The van der Waals surface area contributed by atoms with E-state index in [0.29, 0.717) is 16.3 Å². The summed E-state index contributed by atoms with van der Waals surface area (Å²) in [4.78, 5) is 28.0. The minimum atomic E-state index is -0.823. The van der Waals surface area contributed by atoms with Crippen LogP contribution in [0.5, 0.6) is 5.75 Å². The first-order valence-electron chi connectivity index (χ1n) is 8.76. The molecule has 3 aromatic rings. The van der Waals surface area contributed by atoms with Crippen molar-refractivity contribution in [1.82, 2.24) is 0 Å². The van der Waals surface area contributed by atoms with Gasteiger partial charge in [-0.2, -0.15) is 0 Å². The third-order valence-electron chi connectivity index (χ3n) is 4.72. The van der Waals surface area contributed by atoms with Gasteiger partial charge >= 0.3 is 0 Å². The number of carbonyl (C=O) groups is 2. The van der Waals surface area contributed by atoms with Crippen molar-refractivity contribution in [2.75, 3.05) is 12.0 Å². The minimum Gasteiger partial charge on any atom is -0.507 e. The number of anilines is 1. The van der Waals surface area contributed by atoms with Gasteiger partial charge in [0.15, 0.2) is 0 Å². The molecular weight excluding hydrogens is 393 g/mol. The number of halogens is 1. The molecule has 29 heavy (non-hydrogen) atoms. The SMILES string of the molecule is COc1ccccc1N1C(=O)C(=O)/C(=C(\O)c2ccc(F)cc2)C1c1cccs1. The summed E-state index contributed by atoms with van der Waals surface area (Å²) in [5.74, 6) is -1.96. The summed E-state index contributed by atoms with van der Waals surface area (Å²) in [6.07, 6.45) is 0. The molecule has 146 valence electrons. The van der Waals surface area contributed by atoms with Gasteiger partial charge in [-0.15, -0.1) is 11.3 Å². The molecule has 5 nitrogen and oxygen atoms in total. The van der Waals surface area contributed by atoms with Crippen LogP contribution in [0.4, 0.5) is 10.1 Å². The maximum Gasteiger partial charge on any atom is 0.300 e. The highest BCUT2D eigenvalue weighted by Gasteiger charge is 2.48. The Hall–Kier alpha value is -3.45. The molecule has 2 heterocycles. The maximum atomic E-state index is 13.3. The third-order valence-corrected chi connectivity index (χ3v) is 5.64. The van der Waals surface area contributed by atoms with Crippen LogP contribution in [0.15, 0.2) is 71.6 Å². The number of benzene rings is 2. The number of aliphatic hydroxyl groups is 1. The molecule has 0 saturated carbocycles. The molecule has 1 N–H and O–H groups in total. The number of hydrogen-bond acceptors (Lipinski definition) is 5. The Bertz CT molecular complexity index is 1110. The Kier molecular flexibility index (Phi) is 4.90. The largest absolute Gasteiger partial charge is 0.507 e. The minimum absolute atomic E-state index is 0.0463. The van der Waals surface area contributed by atoms with Crippen molar-refractivity contribution in [3.8, 4) is 5.75 Å². The number of carbonyl (C=O) groups excluding carboxylic acids is 2. The van der Waals surface area contributed by atoms with Crippen molar-refractivity contribution in [2.45, 2.75) is 6.04 Å². The van der Waals surface area contributed by atoms with E-state index in [1.54, 1.807) is 36.4 Å². The standard InChI is InChI=1S/C22H16FNO4S/c1-28-16-6-3-2-5-15(16)24-19(17-7-4-12-29-17)18(21(26)22(24)27)20(25)13-8-10-14(23)11-9-13/h2-12,19,25H,1H3/b20-18-. The highest BCUT2D eigenvalue weighted by molar-refractivity contribution is 7.10. The highest BCUT2D eigenvalue weighted by Crippen LogP contribution is 2.45. The second kappa shape index (κ2) is 7.52. The highest BCUT2D eigenvalue weighted by atomic mass is 32.1. The number of para-hydroxylation sites is 2. The number of hydrogen-bond donors (Lipinski definition) is 1. The fourth-order valence-electron chi connectivity index (χ4n) is 3.39. The summed E-state index contributed by atoms with van der Waals surface area (Å²) in [5.41, 5.74) is 0.634. The fraction of sp³-hybridized carbons (Fsp3) is 0.0909. The first kappa shape index (κ1) is 18.9. The Morgan fingerprint density at radius 1 is 1.07 bits per heavy atom. The lowest BCUT2D eigenvalue weighted by molar-refractivity contribution is -0.132. The number of amides is 1. The smallest absolute Gasteiger partial charge is 0.300 e. The molecule has 2 aromatic carbocycles. The lowest BCUT2D eigenvalue weighted by Gasteiger charge is -2.25. The van der Waals surface area contributed by atoms with E-state index < -0.39 is 23.5 Å². The molecule has 0 spiro atoms. The predicted octanol–water partition coefficient (Wildman–Crippen LogP) is 4.52. The average molecular weight is 409 g/mol. The van der Waals surface area contributed by atoms with Crippen LogP contribution in [-0.2, 0) is 9.59 Å². The number of thiophene rings is 1. The van der Waals surface area contributed by atoms with Crippen molar-refractivity contribution in [2.24, 2.45) is 0 Å². The van der Waals surface area contributed by atoms with Gasteiger partial charge in [0, 0.05) is 10.4 Å². The molecule has 1 aliphatic heterocycles. The van der Waals surface area contributed by atoms with Crippen molar-refractivity contribution < 1.29 is 23.8 Å². The van der Waals surface area contributed by atoms with E-state index in [2.05, 4.69) is 0 Å². The number of rotatable bonds is 4. The van der Waals surface area contributed by atoms with E-state index in [1.807, 2.05) is 5.38 Å². The van der Waals surface area contributed by atoms with E-state index in [-0.39, 0.29) is 16.9 Å². The monoisotopic (exact) mass is 409 g/mol. The summed E-state index contributed by atoms with van der Waals surface area (Å²) >= 11 is 1.36. The first-order chi connectivity index (χ1) is 14.0. The van der Waals surface area contributed by atoms with Crippen LogP contribution in [0.3, 0.4) is 0 Å². The summed E-state index contributed by atoms with van der Waals surface area (Å²) < 4.78 is 18.7. The summed E-state index contributed by atoms with van der Waals surface area (Å²) in [5, 5.41) is 12.7. The van der Waals surface area contributed by atoms with Crippen LogP contribution in [0.1, 0.15) is 16.5 Å². The predicted molar refractivity (Wildman–Crippen MR) is 108 cm³/mol. The molecule has 1 amide bonds. The number of ether oxygens (including phenoxy) is 1. The molecule has 1 unspecified atom stereocenters. The number of ketones is 1. The second-order valence-electron chi connectivity index (χ2n) is 6.36. The average Bonchev–Trinajstić information content (AvgIpc) is 3.35. The summed E-state index contributed by atoms with van der Waals surface area (Å²) in [7, 11) is 1.48. The van der Waals surface area contributed by atoms with E-state index in [9.17, 15) is 19.1 Å². The number of Topliss-reactive ketones (excluding diaryl/α,β-unsaturated/α-hetero) is 1. The van der Waals surface area contributed by atoms with Gasteiger partial charge in [-0.3, -0.25) is 14.5 Å². The van der Waals surface area contributed by atoms with Crippen LogP contribution in [0, 0.1) is 5.82 Å². The summed E-state index contributed by atoms with van der Waals surface area (Å²) in [6.45, 7) is 0. The molecule has 1 fully saturated rings. The number of nitrogens with zero attached hydrogens (tertiary/aromatic N) is 1. The Morgan fingerprint density at radius 2 is 1.79 bits per heavy atom. The van der Waals surface area contributed by atoms with E-state index >= 15 is 0 Å². The lowest BCUT2D eigenvalue weighted by atomic mass is 9.99.